The van der Waals surface area contributed by atoms with Gasteiger partial charge in [-0.15, -0.1) is 13.2 Å². The summed E-state index contributed by atoms with van der Waals surface area (Å²) >= 11 is 0. The van der Waals surface area contributed by atoms with Crippen molar-refractivity contribution in [3.05, 3.63) is 38.7 Å². The van der Waals surface area contributed by atoms with Gasteiger partial charge in [-0.3, -0.25) is 14.3 Å². The van der Waals surface area contributed by atoms with E-state index in [-0.39, 0.29) is 0 Å². The molecule has 1 saturated heterocycles. The first-order valence-electron chi connectivity index (χ1n) is 8.35. The molecule has 25 heavy (non-hydrogen) atoms. The lowest BCUT2D eigenvalue weighted by Gasteiger charge is -2.19. The average Bonchev–Trinajstić information content (AvgIpc) is 2.80. The topological polar surface area (TPSA) is 105 Å². The van der Waals surface area contributed by atoms with Crippen molar-refractivity contribution in [1.29, 1.82) is 0 Å². The molecule has 0 aliphatic carbocycles. The maximum absolute atomic E-state index is 12.1. The van der Waals surface area contributed by atoms with Gasteiger partial charge in [0.25, 0.3) is 5.56 Å². The van der Waals surface area contributed by atoms with Crippen LogP contribution < -0.4 is 11.2 Å². The number of aliphatic hydroxyl groups is 2. The zero-order valence-corrected chi connectivity index (χ0v) is 15.8. The number of hydrogen-bond acceptors (Lipinski definition) is 5. The summed E-state index contributed by atoms with van der Waals surface area (Å²) in [6, 6.07) is 0. The molecular formula is C17H27N2O5P. The Bertz CT molecular complexity index is 791. The number of nitrogens with one attached hydrogen (secondary N) is 1. The van der Waals surface area contributed by atoms with Crippen molar-refractivity contribution in [3.8, 4) is 0 Å². The molecule has 0 bridgehead atoms. The van der Waals surface area contributed by atoms with E-state index in [4.69, 9.17) is 4.74 Å². The van der Waals surface area contributed by atoms with Gasteiger partial charge in [0.1, 0.15) is 12.2 Å². The summed E-state index contributed by atoms with van der Waals surface area (Å²) in [5.74, 6) is 0. The minimum absolute atomic E-state index is 0.292. The Kier molecular flexibility index (Phi) is 6.27. The molecule has 0 radical (unpaired) electrons. The lowest BCUT2D eigenvalue weighted by Crippen LogP contribution is -2.38. The van der Waals surface area contributed by atoms with E-state index in [1.54, 1.807) is 12.2 Å². The van der Waals surface area contributed by atoms with Crippen molar-refractivity contribution in [1.82, 2.24) is 9.55 Å². The van der Waals surface area contributed by atoms with Crippen LogP contribution in [0.5, 0.6) is 0 Å². The predicted molar refractivity (Wildman–Crippen MR) is 102 cm³/mol. The van der Waals surface area contributed by atoms with Gasteiger partial charge in [0.15, 0.2) is 6.23 Å². The lowest BCUT2D eigenvalue weighted by atomic mass is 10.1. The van der Waals surface area contributed by atoms with Crippen molar-refractivity contribution in [3.63, 3.8) is 0 Å². The maximum Gasteiger partial charge on any atom is 0.330 e. The van der Waals surface area contributed by atoms with E-state index in [0.717, 1.165) is 17.1 Å². The third kappa shape index (κ3) is 4.82. The Labute approximate surface area is 146 Å². The third-order valence-corrected chi connectivity index (χ3v) is 5.63. The molecular weight excluding hydrogens is 343 g/mol. The first-order valence-corrected chi connectivity index (χ1v) is 11.4. The molecule has 0 spiro atoms. The van der Waals surface area contributed by atoms with Gasteiger partial charge in [-0.1, -0.05) is 19.1 Å². The van der Waals surface area contributed by atoms with E-state index in [2.05, 4.69) is 24.6 Å². The van der Waals surface area contributed by atoms with Crippen molar-refractivity contribution < 1.29 is 14.9 Å². The Morgan fingerprint density at radius 3 is 2.64 bits per heavy atom. The van der Waals surface area contributed by atoms with Crippen molar-refractivity contribution in [2.45, 2.75) is 44.3 Å². The monoisotopic (exact) mass is 370 g/mol. The second kappa shape index (κ2) is 7.87. The van der Waals surface area contributed by atoms with E-state index in [1.807, 2.05) is 6.92 Å². The highest BCUT2D eigenvalue weighted by molar-refractivity contribution is 7.72. The van der Waals surface area contributed by atoms with Gasteiger partial charge in [-0.2, -0.15) is 0 Å². The Morgan fingerprint density at radius 1 is 1.36 bits per heavy atom. The molecule has 8 heteroatoms. The van der Waals surface area contributed by atoms with Crippen LogP contribution >= 0.6 is 6.89 Å². The van der Waals surface area contributed by atoms with Gasteiger partial charge in [-0.25, -0.2) is 4.79 Å². The molecule has 2 unspecified atom stereocenters. The van der Waals surface area contributed by atoms with Gasteiger partial charge in [0, 0.05) is 6.20 Å². The van der Waals surface area contributed by atoms with E-state index in [0.29, 0.717) is 12.0 Å². The molecule has 140 valence electrons. The summed E-state index contributed by atoms with van der Waals surface area (Å²) in [4.78, 5) is 26.2. The van der Waals surface area contributed by atoms with Crippen LogP contribution in [0, 0.1) is 0 Å². The fourth-order valence-corrected chi connectivity index (χ4v) is 3.68. The molecule has 2 rings (SSSR count). The molecule has 1 aliphatic rings. The Balaban J connectivity index is 2.29. The van der Waals surface area contributed by atoms with Crippen molar-refractivity contribution in [2.24, 2.45) is 0 Å². The molecule has 1 aromatic rings. The van der Waals surface area contributed by atoms with Crippen LogP contribution in [0.15, 0.2) is 21.9 Å². The highest BCUT2D eigenvalue weighted by atomic mass is 31.2. The smallest absolute Gasteiger partial charge is 0.330 e. The molecule has 1 aliphatic heterocycles. The van der Waals surface area contributed by atoms with E-state index >= 15 is 0 Å². The molecule has 3 N–H and O–H groups in total. The second-order valence-corrected chi connectivity index (χ2v) is 11.4. The van der Waals surface area contributed by atoms with Crippen LogP contribution in [0.3, 0.4) is 0 Å². The lowest BCUT2D eigenvalue weighted by molar-refractivity contribution is -0.0402. The van der Waals surface area contributed by atoms with Gasteiger partial charge in [0.2, 0.25) is 0 Å². The van der Waals surface area contributed by atoms with Crippen LogP contribution in [0.2, 0.25) is 0 Å². The zero-order chi connectivity index (χ0) is 18.8. The number of nitrogens with zero attached hydrogens (tertiary/aromatic N) is 1. The molecule has 0 saturated carbocycles. The molecule has 4 atom stereocenters. The van der Waals surface area contributed by atoms with Crippen LogP contribution in [0.25, 0.3) is 6.08 Å². The van der Waals surface area contributed by atoms with E-state index < -0.39 is 42.7 Å². The van der Waals surface area contributed by atoms with Gasteiger partial charge in [-0.05, 0) is 32.3 Å². The standard InChI is InChI=1S/C17H27N2O5P/c1-5-6-7-11-10-19(17(23)18-15(11)22)16-14(21)13(20)12(24-16)8-9-25(2,3)4/h6-7,10,12-14,16,20-21H,2,5,8-9H2,1,3-4H3,(H,18,22,23)/b7-6+/t12?,13-,14-,16?/m1/s1. The van der Waals surface area contributed by atoms with Crippen LogP contribution in [0.1, 0.15) is 31.6 Å². The number of ether oxygens (including phenoxy) is 1. The molecule has 1 aromatic heterocycles. The Morgan fingerprint density at radius 2 is 2.04 bits per heavy atom. The summed E-state index contributed by atoms with van der Waals surface area (Å²) in [6.07, 6.45) is 7.04. The molecule has 1 fully saturated rings. The molecule has 7 nitrogen and oxygen atoms in total. The number of aromatic amines is 1. The van der Waals surface area contributed by atoms with Crippen LogP contribution in [-0.4, -0.2) is 63.9 Å². The molecule has 0 amide bonds. The summed E-state index contributed by atoms with van der Waals surface area (Å²) in [7, 11) is 0. The fraction of sp³-hybridized carbons (Fsp3) is 0.588. The number of aromatic nitrogens is 2. The number of allylic oxidation sites excluding steroid dienone is 1. The van der Waals surface area contributed by atoms with Crippen molar-refractivity contribution >= 4 is 19.3 Å². The summed E-state index contributed by atoms with van der Waals surface area (Å²) in [5, 5.41) is 20.6. The normalized spacial score (nSPS) is 27.2. The zero-order valence-electron chi connectivity index (χ0n) is 14.9. The second-order valence-electron chi connectivity index (χ2n) is 7.06. The van der Waals surface area contributed by atoms with Crippen LogP contribution in [0.4, 0.5) is 0 Å². The van der Waals surface area contributed by atoms with Crippen molar-refractivity contribution in [2.75, 3.05) is 19.5 Å². The highest BCUT2D eigenvalue weighted by Crippen LogP contribution is 2.39. The minimum Gasteiger partial charge on any atom is -0.388 e. The SMILES string of the molecule is C=P(C)(C)CCC1OC(n2cc(/C=C/CC)c(=O)[nH]c2=O)[C@H](O)[C@@H]1O. The summed E-state index contributed by atoms with van der Waals surface area (Å²) in [6.45, 7) is 4.81. The number of rotatable bonds is 6. The molecule has 2 heterocycles. The van der Waals surface area contributed by atoms with E-state index in [1.165, 1.54) is 6.20 Å². The largest absolute Gasteiger partial charge is 0.388 e. The minimum atomic E-state index is -1.29. The fourth-order valence-electron chi connectivity index (χ4n) is 2.73. The highest BCUT2D eigenvalue weighted by Gasteiger charge is 2.43. The molecule has 0 aromatic carbocycles. The van der Waals surface area contributed by atoms with Crippen LogP contribution in [-0.2, 0) is 4.74 Å². The maximum atomic E-state index is 12.1. The number of aliphatic hydroxyl groups excluding tert-OH is 2. The summed E-state index contributed by atoms with van der Waals surface area (Å²) < 4.78 is 6.89. The number of hydrogen-bond donors (Lipinski definition) is 3. The predicted octanol–water partition coefficient (Wildman–Crippen LogP) is 0.678. The summed E-state index contributed by atoms with van der Waals surface area (Å²) in [5.41, 5.74) is -0.889. The van der Waals surface area contributed by atoms with Gasteiger partial charge in [0.05, 0.1) is 11.7 Å². The quantitative estimate of drug-likeness (QED) is 0.639. The van der Waals surface area contributed by atoms with Gasteiger partial charge < -0.3 is 14.9 Å². The first kappa shape index (κ1) is 19.9. The van der Waals surface area contributed by atoms with E-state index in [9.17, 15) is 19.8 Å². The third-order valence-electron chi connectivity index (χ3n) is 4.16. The number of H-pyrrole nitrogens is 1. The van der Waals surface area contributed by atoms with Gasteiger partial charge >= 0.3 is 5.69 Å². The average molecular weight is 370 g/mol. The first-order chi connectivity index (χ1) is 11.6. The Hall–Kier alpha value is -1.40.